The van der Waals surface area contributed by atoms with Gasteiger partial charge in [0.15, 0.2) is 0 Å². The normalized spacial score (nSPS) is 20.4. The van der Waals surface area contributed by atoms with E-state index in [9.17, 15) is 13.5 Å². The maximum absolute atomic E-state index is 12.5. The third-order valence-corrected chi connectivity index (χ3v) is 6.17. The fourth-order valence-electron chi connectivity index (χ4n) is 2.07. The summed E-state index contributed by atoms with van der Waals surface area (Å²) >= 11 is 11.9. The minimum absolute atomic E-state index is 0.0557. The second kappa shape index (κ2) is 5.22. The summed E-state index contributed by atoms with van der Waals surface area (Å²) in [6.07, 6.45) is 0.794. The molecule has 1 N–H and O–H groups in total. The van der Waals surface area contributed by atoms with E-state index in [4.69, 9.17) is 23.2 Å². The number of aliphatic hydroxyl groups is 1. The Morgan fingerprint density at radius 1 is 1.21 bits per heavy atom. The first-order valence-electron chi connectivity index (χ1n) is 5.91. The first kappa shape index (κ1) is 15.1. The molecule has 7 heteroatoms. The van der Waals surface area contributed by atoms with Crippen LogP contribution in [0.3, 0.4) is 0 Å². The van der Waals surface area contributed by atoms with Crippen LogP contribution in [0.4, 0.5) is 0 Å². The summed E-state index contributed by atoms with van der Waals surface area (Å²) in [4.78, 5) is -0.0557. The van der Waals surface area contributed by atoms with Gasteiger partial charge in [0.05, 0.1) is 15.6 Å². The molecule has 0 saturated carbocycles. The molecule has 0 amide bonds. The van der Waals surface area contributed by atoms with E-state index >= 15 is 0 Å². The van der Waals surface area contributed by atoms with Gasteiger partial charge in [0, 0.05) is 13.1 Å². The molecule has 4 nitrogen and oxygen atoms in total. The van der Waals surface area contributed by atoms with Gasteiger partial charge in [0.25, 0.3) is 0 Å². The average Bonchev–Trinajstić information content (AvgIpc) is 2.27. The highest BCUT2D eigenvalue weighted by Crippen LogP contribution is 2.33. The lowest BCUT2D eigenvalue weighted by atomic mass is 9.95. The summed E-state index contributed by atoms with van der Waals surface area (Å²) in [5.41, 5.74) is -0.809. The number of sulfonamides is 1. The Morgan fingerprint density at radius 2 is 1.68 bits per heavy atom. The molecule has 0 bridgehead atoms. The zero-order chi connectivity index (χ0) is 14.3. The number of hydrogen-bond acceptors (Lipinski definition) is 3. The van der Waals surface area contributed by atoms with Crippen molar-refractivity contribution in [1.29, 1.82) is 0 Å². The van der Waals surface area contributed by atoms with Crippen LogP contribution in [0, 0.1) is 0 Å². The van der Waals surface area contributed by atoms with Gasteiger partial charge < -0.3 is 5.11 Å². The lowest BCUT2D eigenvalue weighted by Gasteiger charge is -2.35. The monoisotopic (exact) mass is 323 g/mol. The summed E-state index contributed by atoms with van der Waals surface area (Å²) in [7, 11) is -3.72. The van der Waals surface area contributed by atoms with E-state index < -0.39 is 15.6 Å². The van der Waals surface area contributed by atoms with Crippen LogP contribution in [0.25, 0.3) is 0 Å². The zero-order valence-electron chi connectivity index (χ0n) is 10.4. The second-order valence-electron chi connectivity index (χ2n) is 4.95. The Hall–Kier alpha value is -0.330. The van der Waals surface area contributed by atoms with Crippen LogP contribution in [-0.2, 0) is 10.0 Å². The van der Waals surface area contributed by atoms with Gasteiger partial charge in [-0.15, -0.1) is 0 Å². The molecule has 1 fully saturated rings. The molecule has 0 aromatic heterocycles. The Labute approximate surface area is 123 Å². The first-order valence-corrected chi connectivity index (χ1v) is 8.10. The van der Waals surface area contributed by atoms with Crippen LogP contribution in [0.15, 0.2) is 23.1 Å². The van der Waals surface area contributed by atoms with Gasteiger partial charge in [0.2, 0.25) is 10.0 Å². The molecule has 19 heavy (non-hydrogen) atoms. The predicted molar refractivity (Wildman–Crippen MR) is 75.1 cm³/mol. The lowest BCUT2D eigenvalue weighted by Crippen LogP contribution is -2.45. The third kappa shape index (κ3) is 3.06. The Balaban J connectivity index is 2.34. The number of rotatable bonds is 2. The van der Waals surface area contributed by atoms with Crippen LogP contribution in [0.1, 0.15) is 19.8 Å². The second-order valence-corrected chi connectivity index (χ2v) is 7.64. The van der Waals surface area contributed by atoms with E-state index in [1.165, 1.54) is 16.4 Å². The van der Waals surface area contributed by atoms with Crippen molar-refractivity contribution in [2.45, 2.75) is 30.3 Å². The van der Waals surface area contributed by atoms with Crippen molar-refractivity contribution < 1.29 is 13.5 Å². The third-order valence-electron chi connectivity index (χ3n) is 3.32. The number of piperidine rings is 1. The van der Waals surface area contributed by atoms with Crippen LogP contribution in [0.5, 0.6) is 0 Å². The van der Waals surface area contributed by atoms with Gasteiger partial charge in [-0.3, -0.25) is 0 Å². The van der Waals surface area contributed by atoms with E-state index in [2.05, 4.69) is 0 Å². The summed E-state index contributed by atoms with van der Waals surface area (Å²) in [5.74, 6) is 0. The number of hydrogen-bond donors (Lipinski definition) is 1. The highest BCUT2D eigenvalue weighted by atomic mass is 35.5. The number of benzene rings is 1. The van der Waals surface area contributed by atoms with Gasteiger partial charge in [-0.25, -0.2) is 8.42 Å². The molecule has 0 aliphatic carbocycles. The van der Waals surface area contributed by atoms with Crippen molar-refractivity contribution in [2.24, 2.45) is 0 Å². The van der Waals surface area contributed by atoms with Crippen molar-refractivity contribution in [1.82, 2.24) is 4.31 Å². The molecule has 1 heterocycles. The molecule has 0 spiro atoms. The molecule has 0 atom stereocenters. The van der Waals surface area contributed by atoms with Crippen molar-refractivity contribution in [2.75, 3.05) is 13.1 Å². The summed E-state index contributed by atoms with van der Waals surface area (Å²) < 4.78 is 26.3. The van der Waals surface area contributed by atoms with Gasteiger partial charge in [-0.1, -0.05) is 29.3 Å². The molecule has 106 valence electrons. The Kier molecular flexibility index (Phi) is 4.14. The zero-order valence-corrected chi connectivity index (χ0v) is 12.8. The smallest absolute Gasteiger partial charge is 0.246 e. The predicted octanol–water partition coefficient (Wildman–Crippen LogP) is 2.53. The van der Waals surface area contributed by atoms with E-state index in [0.29, 0.717) is 12.8 Å². The van der Waals surface area contributed by atoms with Crippen molar-refractivity contribution >= 4 is 33.2 Å². The summed E-state index contributed by atoms with van der Waals surface area (Å²) in [6.45, 7) is 2.23. The quantitative estimate of drug-likeness (QED) is 0.909. The topological polar surface area (TPSA) is 57.6 Å². The largest absolute Gasteiger partial charge is 0.390 e. The number of nitrogens with zero attached hydrogens (tertiary/aromatic N) is 1. The van der Waals surface area contributed by atoms with Crippen LogP contribution in [-0.4, -0.2) is 36.5 Å². The van der Waals surface area contributed by atoms with Crippen LogP contribution >= 0.6 is 23.2 Å². The molecular formula is C12H15Cl2NO3S. The first-order chi connectivity index (χ1) is 8.74. The minimum atomic E-state index is -3.72. The molecule has 1 aromatic rings. The van der Waals surface area contributed by atoms with Crippen LogP contribution in [0.2, 0.25) is 10.0 Å². The highest BCUT2D eigenvalue weighted by Gasteiger charge is 2.35. The molecule has 1 aromatic carbocycles. The van der Waals surface area contributed by atoms with Crippen molar-refractivity contribution in [3.05, 3.63) is 28.2 Å². The maximum atomic E-state index is 12.5. The summed E-state index contributed by atoms with van der Waals surface area (Å²) in [6, 6.07) is 4.60. The molecule has 0 radical (unpaired) electrons. The molecule has 0 unspecified atom stereocenters. The Bertz CT molecular complexity index is 556. The van der Waals surface area contributed by atoms with Crippen LogP contribution < -0.4 is 0 Å². The average molecular weight is 324 g/mol. The van der Waals surface area contributed by atoms with Crippen molar-refractivity contribution in [3.8, 4) is 0 Å². The van der Waals surface area contributed by atoms with E-state index in [1.807, 2.05) is 0 Å². The SMILES string of the molecule is CC1(O)CCN(S(=O)(=O)c2c(Cl)cccc2Cl)CC1. The van der Waals surface area contributed by atoms with Gasteiger partial charge in [0.1, 0.15) is 4.90 Å². The fraction of sp³-hybridized carbons (Fsp3) is 0.500. The lowest BCUT2D eigenvalue weighted by molar-refractivity contribution is 0.0126. The van der Waals surface area contributed by atoms with Gasteiger partial charge in [-0.05, 0) is 31.9 Å². The standard InChI is InChI=1S/C12H15Cl2NO3S/c1-12(16)5-7-15(8-6-12)19(17,18)11-9(13)3-2-4-10(11)14/h2-4,16H,5-8H2,1H3. The molecule has 1 aliphatic heterocycles. The van der Waals surface area contributed by atoms with E-state index in [0.717, 1.165) is 0 Å². The van der Waals surface area contributed by atoms with Gasteiger partial charge in [-0.2, -0.15) is 4.31 Å². The van der Waals surface area contributed by atoms with E-state index in [-0.39, 0.29) is 28.0 Å². The molecule has 1 aliphatic rings. The van der Waals surface area contributed by atoms with Gasteiger partial charge >= 0.3 is 0 Å². The minimum Gasteiger partial charge on any atom is -0.390 e. The molecular weight excluding hydrogens is 309 g/mol. The van der Waals surface area contributed by atoms with Crippen molar-refractivity contribution in [3.63, 3.8) is 0 Å². The Morgan fingerprint density at radius 3 is 2.16 bits per heavy atom. The summed E-state index contributed by atoms with van der Waals surface area (Å²) in [5, 5.41) is 10.1. The van der Waals surface area contributed by atoms with E-state index in [1.54, 1.807) is 13.0 Å². The molecule has 2 rings (SSSR count). The fourth-order valence-corrected chi connectivity index (χ4v) is 4.60. The highest BCUT2D eigenvalue weighted by molar-refractivity contribution is 7.89. The number of halogens is 2. The molecule has 1 saturated heterocycles. The maximum Gasteiger partial charge on any atom is 0.246 e.